The minimum Gasteiger partial charge on any atom is -0.380 e. The molecule has 21 heavy (non-hydrogen) atoms. The second kappa shape index (κ2) is 6.03. The minimum absolute atomic E-state index is 0.0627. The molecule has 5 heteroatoms. The first-order valence-corrected chi connectivity index (χ1v) is 8.02. The second-order valence-electron chi connectivity index (χ2n) is 4.69. The van der Waals surface area contributed by atoms with Crippen molar-refractivity contribution < 1.29 is 0 Å². The van der Waals surface area contributed by atoms with Gasteiger partial charge in [-0.3, -0.25) is 4.79 Å². The van der Waals surface area contributed by atoms with E-state index >= 15 is 0 Å². The first kappa shape index (κ1) is 14.4. The summed E-state index contributed by atoms with van der Waals surface area (Å²) in [4.78, 5) is 15.0. The molecule has 0 spiro atoms. The number of aromatic amines is 1. The van der Waals surface area contributed by atoms with Crippen molar-refractivity contribution in [2.75, 3.05) is 5.32 Å². The lowest BCUT2D eigenvalue weighted by molar-refractivity contribution is 1.09. The van der Waals surface area contributed by atoms with Crippen LogP contribution in [0.2, 0.25) is 0 Å². The lowest BCUT2D eigenvalue weighted by Gasteiger charge is -2.09. The van der Waals surface area contributed by atoms with Crippen molar-refractivity contribution in [2.45, 2.75) is 6.54 Å². The maximum absolute atomic E-state index is 12.1. The smallest absolute Gasteiger partial charge is 0.253 e. The van der Waals surface area contributed by atoms with Crippen molar-refractivity contribution >= 4 is 48.5 Å². The van der Waals surface area contributed by atoms with Gasteiger partial charge in [0.15, 0.2) is 0 Å². The Balaban J connectivity index is 1.90. The number of benzene rings is 2. The molecule has 0 amide bonds. The van der Waals surface area contributed by atoms with Crippen LogP contribution in [0.3, 0.4) is 0 Å². The molecule has 3 aromatic rings. The Kier molecular flexibility index (Phi) is 4.12. The van der Waals surface area contributed by atoms with E-state index in [9.17, 15) is 4.79 Å². The summed E-state index contributed by atoms with van der Waals surface area (Å²) in [6, 6.07) is 15.6. The van der Waals surface area contributed by atoms with E-state index in [2.05, 4.69) is 42.2 Å². The number of halogens is 2. The molecule has 3 nitrogen and oxygen atoms in total. The minimum atomic E-state index is -0.0627. The molecule has 2 aromatic carbocycles. The summed E-state index contributed by atoms with van der Waals surface area (Å²) in [5.41, 5.74) is 2.44. The normalized spacial score (nSPS) is 10.8. The third-order valence-electron chi connectivity index (χ3n) is 3.23. The Hall–Kier alpha value is -1.59. The Morgan fingerprint density at radius 2 is 1.86 bits per heavy atom. The molecule has 0 saturated carbocycles. The van der Waals surface area contributed by atoms with Gasteiger partial charge >= 0.3 is 0 Å². The van der Waals surface area contributed by atoms with E-state index in [1.54, 1.807) is 0 Å². The van der Waals surface area contributed by atoms with E-state index < -0.39 is 0 Å². The third kappa shape index (κ3) is 3.19. The summed E-state index contributed by atoms with van der Waals surface area (Å²) in [6.07, 6.45) is 0. The second-order valence-corrected chi connectivity index (χ2v) is 6.46. The first-order valence-electron chi connectivity index (χ1n) is 6.43. The molecule has 0 fully saturated rings. The summed E-state index contributed by atoms with van der Waals surface area (Å²) >= 11 is 6.93. The predicted molar refractivity (Wildman–Crippen MR) is 93.7 cm³/mol. The Morgan fingerprint density at radius 1 is 1.05 bits per heavy atom. The maximum atomic E-state index is 12.1. The van der Waals surface area contributed by atoms with Crippen LogP contribution < -0.4 is 10.9 Å². The zero-order valence-corrected chi connectivity index (χ0v) is 14.2. The van der Waals surface area contributed by atoms with E-state index in [-0.39, 0.29) is 5.56 Å². The highest BCUT2D eigenvalue weighted by molar-refractivity contribution is 9.11. The van der Waals surface area contributed by atoms with Gasteiger partial charge in [0.05, 0.1) is 0 Å². The van der Waals surface area contributed by atoms with Gasteiger partial charge in [-0.2, -0.15) is 0 Å². The molecule has 0 saturated heterocycles. The van der Waals surface area contributed by atoms with Gasteiger partial charge in [-0.25, -0.2) is 0 Å². The van der Waals surface area contributed by atoms with Gasteiger partial charge in [0.2, 0.25) is 0 Å². The molecule has 1 heterocycles. The summed E-state index contributed by atoms with van der Waals surface area (Å²) in [7, 11) is 0. The molecule has 1 aromatic heterocycles. The van der Waals surface area contributed by atoms with Crippen LogP contribution in [-0.2, 0) is 6.54 Å². The van der Waals surface area contributed by atoms with E-state index in [0.29, 0.717) is 12.1 Å². The zero-order chi connectivity index (χ0) is 14.8. The van der Waals surface area contributed by atoms with Crippen LogP contribution in [0.5, 0.6) is 0 Å². The summed E-state index contributed by atoms with van der Waals surface area (Å²) in [5, 5.41) is 4.31. The summed E-state index contributed by atoms with van der Waals surface area (Å²) < 4.78 is 1.95. The molecule has 0 radical (unpaired) electrons. The molecule has 0 aliphatic rings. The van der Waals surface area contributed by atoms with Crippen molar-refractivity contribution in [3.8, 4) is 0 Å². The van der Waals surface area contributed by atoms with Gasteiger partial charge in [0.25, 0.3) is 5.56 Å². The van der Waals surface area contributed by atoms with Crippen molar-refractivity contribution in [1.29, 1.82) is 0 Å². The number of nitrogens with one attached hydrogen (secondary N) is 2. The fourth-order valence-electron chi connectivity index (χ4n) is 2.15. The largest absolute Gasteiger partial charge is 0.380 e. The fraction of sp³-hybridized carbons (Fsp3) is 0.0625. The van der Waals surface area contributed by atoms with Crippen LogP contribution in [0.15, 0.2) is 62.3 Å². The lowest BCUT2D eigenvalue weighted by atomic mass is 10.1. The summed E-state index contributed by atoms with van der Waals surface area (Å²) in [6.45, 7) is 0.467. The average molecular weight is 408 g/mol. The van der Waals surface area contributed by atoms with Crippen LogP contribution >= 0.6 is 31.9 Å². The Bertz CT molecular complexity index is 858. The SMILES string of the molecule is O=c1[nH]c2ccccc2cc1CNc1cc(Br)ccc1Br. The molecule has 0 bridgehead atoms. The number of anilines is 1. The number of H-pyrrole nitrogens is 1. The number of hydrogen-bond acceptors (Lipinski definition) is 2. The van der Waals surface area contributed by atoms with E-state index in [0.717, 1.165) is 25.5 Å². The van der Waals surface area contributed by atoms with Gasteiger partial charge in [-0.05, 0) is 51.6 Å². The van der Waals surface area contributed by atoms with Crippen molar-refractivity contribution in [1.82, 2.24) is 4.98 Å². The molecule has 106 valence electrons. The summed E-state index contributed by atoms with van der Waals surface area (Å²) in [5.74, 6) is 0. The molecule has 0 aliphatic carbocycles. The standard InChI is InChI=1S/C16H12Br2N2O/c17-12-5-6-13(18)15(8-12)19-9-11-7-10-3-1-2-4-14(10)20-16(11)21/h1-8,19H,9H2,(H,20,21). The number of aromatic nitrogens is 1. The van der Waals surface area contributed by atoms with Gasteiger partial charge in [0, 0.05) is 32.3 Å². The number of rotatable bonds is 3. The molecule has 0 unspecified atom stereocenters. The zero-order valence-electron chi connectivity index (χ0n) is 11.0. The Labute approximate surface area is 138 Å². The third-order valence-corrected chi connectivity index (χ3v) is 4.41. The number of para-hydroxylation sites is 1. The maximum Gasteiger partial charge on any atom is 0.253 e. The quantitative estimate of drug-likeness (QED) is 0.662. The molecule has 0 atom stereocenters. The number of pyridine rings is 1. The molecular formula is C16H12Br2N2O. The van der Waals surface area contributed by atoms with Crippen LogP contribution in [0, 0.1) is 0 Å². The highest BCUT2D eigenvalue weighted by Gasteiger charge is 2.05. The average Bonchev–Trinajstić information content (AvgIpc) is 2.48. The molecular weight excluding hydrogens is 396 g/mol. The monoisotopic (exact) mass is 406 g/mol. The van der Waals surface area contributed by atoms with Crippen molar-refractivity contribution in [2.24, 2.45) is 0 Å². The number of hydrogen-bond donors (Lipinski definition) is 2. The highest BCUT2D eigenvalue weighted by Crippen LogP contribution is 2.26. The molecule has 0 aliphatic heterocycles. The predicted octanol–water partition coefficient (Wildman–Crippen LogP) is 4.67. The topological polar surface area (TPSA) is 44.9 Å². The van der Waals surface area contributed by atoms with E-state index in [1.165, 1.54) is 0 Å². The van der Waals surface area contributed by atoms with Gasteiger partial charge < -0.3 is 10.3 Å². The first-order chi connectivity index (χ1) is 10.1. The fourth-order valence-corrected chi connectivity index (χ4v) is 2.90. The number of fused-ring (bicyclic) bond motifs is 1. The van der Waals surface area contributed by atoms with Gasteiger partial charge in [0.1, 0.15) is 0 Å². The van der Waals surface area contributed by atoms with Crippen LogP contribution in [0.4, 0.5) is 5.69 Å². The van der Waals surface area contributed by atoms with Crippen LogP contribution in [0.25, 0.3) is 10.9 Å². The van der Waals surface area contributed by atoms with Crippen molar-refractivity contribution in [3.05, 3.63) is 73.4 Å². The Morgan fingerprint density at radius 3 is 2.71 bits per heavy atom. The lowest BCUT2D eigenvalue weighted by Crippen LogP contribution is -2.15. The van der Waals surface area contributed by atoms with Gasteiger partial charge in [-0.15, -0.1) is 0 Å². The van der Waals surface area contributed by atoms with Crippen molar-refractivity contribution in [3.63, 3.8) is 0 Å². The highest BCUT2D eigenvalue weighted by atomic mass is 79.9. The van der Waals surface area contributed by atoms with E-state index in [4.69, 9.17) is 0 Å². The molecule has 2 N–H and O–H groups in total. The van der Waals surface area contributed by atoms with Crippen LogP contribution in [0.1, 0.15) is 5.56 Å². The van der Waals surface area contributed by atoms with E-state index in [1.807, 2.05) is 48.5 Å². The molecule has 3 rings (SSSR count). The van der Waals surface area contributed by atoms with Crippen LogP contribution in [-0.4, -0.2) is 4.98 Å². The van der Waals surface area contributed by atoms with Gasteiger partial charge in [-0.1, -0.05) is 34.1 Å².